The molecule has 0 unspecified atom stereocenters. The van der Waals surface area contributed by atoms with Crippen molar-refractivity contribution in [3.8, 4) is 0 Å². The fraction of sp³-hybridized carbons (Fsp3) is 1.00. The molecular weight excluding hydrogens is 311 g/mol. The van der Waals surface area contributed by atoms with Crippen LogP contribution in [0.15, 0.2) is 0 Å². The molecule has 0 amide bonds. The van der Waals surface area contributed by atoms with Gasteiger partial charge >= 0.3 is 118 Å². The van der Waals surface area contributed by atoms with Crippen LogP contribution in [0.4, 0.5) is 0 Å². The van der Waals surface area contributed by atoms with Gasteiger partial charge in [0.2, 0.25) is 0 Å². The van der Waals surface area contributed by atoms with Crippen LogP contribution in [0.5, 0.6) is 0 Å². The van der Waals surface area contributed by atoms with Crippen LogP contribution < -0.4 is 0 Å². The molecular formula is C16H35Sn. The Kier molecular flexibility index (Phi) is 11.2. The van der Waals surface area contributed by atoms with E-state index in [0.29, 0.717) is 0 Å². The molecule has 0 saturated carbocycles. The summed E-state index contributed by atoms with van der Waals surface area (Å²) < 4.78 is 4.18. The van der Waals surface area contributed by atoms with Crippen molar-refractivity contribution < 1.29 is 0 Å². The van der Waals surface area contributed by atoms with Gasteiger partial charge in [-0.15, -0.1) is 0 Å². The minimum absolute atomic E-state index is 0.849. The van der Waals surface area contributed by atoms with Crippen LogP contribution in [0.2, 0.25) is 12.3 Å². The van der Waals surface area contributed by atoms with E-state index in [-0.39, 0.29) is 0 Å². The molecule has 0 aromatic carbocycles. The summed E-state index contributed by atoms with van der Waals surface area (Å²) in [5.74, 6) is 0. The average Bonchev–Trinajstić information content (AvgIpc) is 2.37. The molecule has 0 aromatic heterocycles. The first-order valence-corrected chi connectivity index (χ1v) is 13.5. The Morgan fingerprint density at radius 3 is 1.47 bits per heavy atom. The zero-order chi connectivity index (χ0) is 13.1. The van der Waals surface area contributed by atoms with E-state index in [1.165, 1.54) is 51.4 Å². The normalized spacial score (nSPS) is 12.4. The molecule has 0 aliphatic heterocycles. The maximum absolute atomic E-state index is 2.47. The van der Waals surface area contributed by atoms with Crippen LogP contribution in [0, 0.1) is 0 Å². The molecule has 1 heteroatoms. The molecule has 17 heavy (non-hydrogen) atoms. The van der Waals surface area contributed by atoms with E-state index in [1.807, 2.05) is 0 Å². The van der Waals surface area contributed by atoms with Crippen molar-refractivity contribution >= 4 is 19.8 Å². The fourth-order valence-corrected chi connectivity index (χ4v) is 16.0. The third kappa shape index (κ3) is 5.98. The van der Waals surface area contributed by atoms with Crippen molar-refractivity contribution in [1.29, 1.82) is 0 Å². The van der Waals surface area contributed by atoms with E-state index < -0.39 is 19.8 Å². The van der Waals surface area contributed by atoms with Gasteiger partial charge in [0.05, 0.1) is 0 Å². The molecule has 0 atom stereocenters. The Hall–Kier alpha value is 0.799. The molecule has 0 saturated heterocycles. The van der Waals surface area contributed by atoms with Crippen molar-refractivity contribution in [2.45, 2.75) is 98.3 Å². The van der Waals surface area contributed by atoms with Crippen LogP contribution in [0.3, 0.4) is 0 Å². The zero-order valence-corrected chi connectivity index (χ0v) is 15.9. The maximum atomic E-state index is 2.47. The topological polar surface area (TPSA) is 0 Å². The van der Waals surface area contributed by atoms with Crippen molar-refractivity contribution in [3.05, 3.63) is 0 Å². The Balaban J connectivity index is 4.64. The standard InChI is InChI=1S/C8H17.2C4H9.Sn/c1-4-7-8(5-2)6-3;2*1-3-4-2;/h4-7H2,1-3H3;2*1,3-4H2,2H3;. The third-order valence-electron chi connectivity index (χ3n) is 4.50. The third-order valence-corrected chi connectivity index (χ3v) is 17.0. The summed E-state index contributed by atoms with van der Waals surface area (Å²) in [5, 5.41) is 0. The van der Waals surface area contributed by atoms with E-state index in [2.05, 4.69) is 34.6 Å². The minimum atomic E-state index is -1.17. The zero-order valence-electron chi connectivity index (χ0n) is 13.1. The number of unbranched alkanes of at least 4 members (excludes halogenated alkanes) is 2. The average molecular weight is 346 g/mol. The Morgan fingerprint density at radius 2 is 1.18 bits per heavy atom. The second-order valence-corrected chi connectivity index (χ2v) is 14.9. The van der Waals surface area contributed by atoms with Crippen molar-refractivity contribution in [1.82, 2.24) is 0 Å². The van der Waals surface area contributed by atoms with E-state index in [4.69, 9.17) is 0 Å². The van der Waals surface area contributed by atoms with E-state index in [1.54, 1.807) is 8.87 Å². The predicted molar refractivity (Wildman–Crippen MR) is 83.4 cm³/mol. The van der Waals surface area contributed by atoms with E-state index in [9.17, 15) is 0 Å². The first kappa shape index (κ1) is 17.8. The van der Waals surface area contributed by atoms with Gasteiger partial charge in [-0.1, -0.05) is 0 Å². The van der Waals surface area contributed by atoms with Crippen molar-refractivity contribution in [2.24, 2.45) is 0 Å². The molecule has 0 aromatic rings. The SMILES string of the molecule is CCC[CH2][Sn]([CH2]CCC)[C](CC)(CC)CCC. The molecule has 103 valence electrons. The summed E-state index contributed by atoms with van der Waals surface area (Å²) in [6, 6.07) is 0. The molecule has 0 N–H and O–H groups in total. The number of hydrogen-bond donors (Lipinski definition) is 0. The van der Waals surface area contributed by atoms with E-state index >= 15 is 0 Å². The van der Waals surface area contributed by atoms with Gasteiger partial charge in [0.15, 0.2) is 0 Å². The van der Waals surface area contributed by atoms with Gasteiger partial charge in [-0.05, 0) is 0 Å². The van der Waals surface area contributed by atoms with Gasteiger partial charge in [0, 0.05) is 0 Å². The summed E-state index contributed by atoms with van der Waals surface area (Å²) in [6.07, 6.45) is 11.7. The van der Waals surface area contributed by atoms with Gasteiger partial charge in [-0.2, -0.15) is 0 Å². The first-order valence-electron chi connectivity index (χ1n) is 8.05. The van der Waals surface area contributed by atoms with E-state index in [0.717, 1.165) is 3.43 Å². The summed E-state index contributed by atoms with van der Waals surface area (Å²) in [4.78, 5) is 0. The predicted octanol–water partition coefficient (Wildman–Crippen LogP) is 6.44. The van der Waals surface area contributed by atoms with Crippen molar-refractivity contribution in [3.63, 3.8) is 0 Å². The summed E-state index contributed by atoms with van der Waals surface area (Å²) in [5.41, 5.74) is 0. The van der Waals surface area contributed by atoms with Crippen LogP contribution in [0.25, 0.3) is 0 Å². The Morgan fingerprint density at radius 1 is 0.706 bits per heavy atom. The molecule has 0 bridgehead atoms. The quantitative estimate of drug-likeness (QED) is 0.378. The molecule has 0 nitrogen and oxygen atoms in total. The second kappa shape index (κ2) is 10.7. The summed E-state index contributed by atoms with van der Waals surface area (Å²) in [6.45, 7) is 12.1. The van der Waals surface area contributed by atoms with Gasteiger partial charge < -0.3 is 0 Å². The molecule has 0 fully saturated rings. The number of hydrogen-bond acceptors (Lipinski definition) is 0. The molecule has 0 heterocycles. The molecule has 1 radical (unpaired) electrons. The van der Waals surface area contributed by atoms with Crippen molar-refractivity contribution in [2.75, 3.05) is 0 Å². The molecule has 0 aliphatic carbocycles. The van der Waals surface area contributed by atoms with Crippen LogP contribution in [0.1, 0.15) is 86.0 Å². The van der Waals surface area contributed by atoms with Gasteiger partial charge in [0.1, 0.15) is 0 Å². The van der Waals surface area contributed by atoms with Gasteiger partial charge in [0.25, 0.3) is 0 Å². The Labute approximate surface area is 118 Å². The van der Waals surface area contributed by atoms with Gasteiger partial charge in [-0.3, -0.25) is 0 Å². The van der Waals surface area contributed by atoms with Crippen LogP contribution in [-0.4, -0.2) is 19.8 Å². The molecule has 0 spiro atoms. The van der Waals surface area contributed by atoms with Crippen LogP contribution >= 0.6 is 0 Å². The van der Waals surface area contributed by atoms with Gasteiger partial charge in [-0.25, -0.2) is 0 Å². The van der Waals surface area contributed by atoms with Crippen LogP contribution in [-0.2, 0) is 0 Å². The summed E-state index contributed by atoms with van der Waals surface area (Å²) >= 11 is -1.17. The monoisotopic (exact) mass is 347 g/mol. The second-order valence-electron chi connectivity index (χ2n) is 5.55. The Bertz CT molecular complexity index is 153. The fourth-order valence-electron chi connectivity index (χ4n) is 3.19. The molecule has 0 aliphatic rings. The summed E-state index contributed by atoms with van der Waals surface area (Å²) in [7, 11) is 0. The first-order chi connectivity index (χ1) is 8.20. The number of rotatable bonds is 11. The molecule has 0 rings (SSSR count).